The van der Waals surface area contributed by atoms with Gasteiger partial charge < -0.3 is 5.11 Å². The minimum Gasteiger partial charge on any atom is -0.480 e. The molecule has 2 atom stereocenters. The molecule has 1 fully saturated rings. The molecule has 0 aromatic rings. The highest BCUT2D eigenvalue weighted by Crippen LogP contribution is 2.45. The van der Waals surface area contributed by atoms with Gasteiger partial charge in [-0.1, -0.05) is 13.8 Å². The second-order valence-corrected chi connectivity index (χ2v) is 6.30. The molecule has 1 rings (SSSR count). The SMILES string of the molecule is CSC1(C)CC(C)(C)C(=O)C(C(=O)O)C1=O. The monoisotopic (exact) mass is 244 g/mol. The second-order valence-electron chi connectivity index (χ2n) is 5.00. The van der Waals surface area contributed by atoms with Gasteiger partial charge in [0, 0.05) is 5.41 Å². The van der Waals surface area contributed by atoms with Gasteiger partial charge in [-0.25, -0.2) is 0 Å². The first-order valence-electron chi connectivity index (χ1n) is 5.02. The number of Topliss-reactive ketones (excluding diaryl/α,β-unsaturated/α-hetero) is 2. The zero-order valence-electron chi connectivity index (χ0n) is 9.86. The third-order valence-electron chi connectivity index (χ3n) is 3.19. The van der Waals surface area contributed by atoms with Crippen LogP contribution in [0.4, 0.5) is 0 Å². The first-order chi connectivity index (χ1) is 7.15. The molecule has 0 saturated heterocycles. The highest BCUT2D eigenvalue weighted by atomic mass is 32.2. The Morgan fingerprint density at radius 2 is 1.81 bits per heavy atom. The van der Waals surface area contributed by atoms with Gasteiger partial charge in [-0.05, 0) is 19.6 Å². The van der Waals surface area contributed by atoms with Gasteiger partial charge in [0.25, 0.3) is 0 Å². The van der Waals surface area contributed by atoms with E-state index >= 15 is 0 Å². The van der Waals surface area contributed by atoms with E-state index in [1.807, 2.05) is 0 Å². The van der Waals surface area contributed by atoms with Gasteiger partial charge in [-0.15, -0.1) is 0 Å². The predicted molar refractivity (Wildman–Crippen MR) is 61.5 cm³/mol. The summed E-state index contributed by atoms with van der Waals surface area (Å²) in [6.07, 6.45) is 2.16. The van der Waals surface area contributed by atoms with Crippen molar-refractivity contribution in [2.75, 3.05) is 6.26 Å². The van der Waals surface area contributed by atoms with Crippen molar-refractivity contribution in [3.05, 3.63) is 0 Å². The molecule has 1 saturated carbocycles. The number of rotatable bonds is 2. The lowest BCUT2D eigenvalue weighted by Crippen LogP contribution is -2.55. The van der Waals surface area contributed by atoms with E-state index in [0.717, 1.165) is 0 Å². The molecule has 0 radical (unpaired) electrons. The lowest BCUT2D eigenvalue weighted by atomic mass is 9.66. The highest BCUT2D eigenvalue weighted by molar-refractivity contribution is 8.00. The summed E-state index contributed by atoms with van der Waals surface area (Å²) in [6.45, 7) is 5.11. The molecule has 1 N–H and O–H groups in total. The second kappa shape index (κ2) is 3.87. The molecule has 4 nitrogen and oxygen atoms in total. The van der Waals surface area contributed by atoms with Crippen molar-refractivity contribution in [3.63, 3.8) is 0 Å². The average Bonchev–Trinajstić information content (AvgIpc) is 2.14. The fourth-order valence-corrected chi connectivity index (χ4v) is 3.05. The molecule has 16 heavy (non-hydrogen) atoms. The molecule has 1 aliphatic carbocycles. The van der Waals surface area contributed by atoms with Crippen LogP contribution in [-0.2, 0) is 14.4 Å². The van der Waals surface area contributed by atoms with E-state index in [1.165, 1.54) is 11.8 Å². The van der Waals surface area contributed by atoms with Gasteiger partial charge in [0.1, 0.15) is 0 Å². The van der Waals surface area contributed by atoms with Crippen LogP contribution in [-0.4, -0.2) is 33.6 Å². The van der Waals surface area contributed by atoms with E-state index in [9.17, 15) is 14.4 Å². The van der Waals surface area contributed by atoms with Crippen LogP contribution < -0.4 is 0 Å². The van der Waals surface area contributed by atoms with Crippen molar-refractivity contribution in [2.24, 2.45) is 11.3 Å². The van der Waals surface area contributed by atoms with E-state index in [4.69, 9.17) is 5.11 Å². The molecule has 0 heterocycles. The molecular weight excluding hydrogens is 228 g/mol. The van der Waals surface area contributed by atoms with E-state index in [2.05, 4.69) is 0 Å². The van der Waals surface area contributed by atoms with Crippen molar-refractivity contribution in [3.8, 4) is 0 Å². The number of thioether (sulfide) groups is 1. The lowest BCUT2D eigenvalue weighted by molar-refractivity contribution is -0.157. The number of carboxylic acid groups (broad SMARTS) is 1. The number of carboxylic acids is 1. The maximum Gasteiger partial charge on any atom is 0.321 e. The standard InChI is InChI=1S/C11H16O4S/c1-10(2)5-11(3,16-4)8(13)6(7(10)12)9(14)15/h6H,5H2,1-4H3,(H,14,15). The first-order valence-corrected chi connectivity index (χ1v) is 6.25. The Morgan fingerprint density at radius 1 is 1.31 bits per heavy atom. The first kappa shape index (κ1) is 13.2. The Bertz CT molecular complexity index is 361. The maximum absolute atomic E-state index is 12.0. The van der Waals surface area contributed by atoms with Crippen LogP contribution in [0.5, 0.6) is 0 Å². The molecule has 0 aromatic heterocycles. The largest absolute Gasteiger partial charge is 0.480 e. The van der Waals surface area contributed by atoms with E-state index < -0.39 is 33.6 Å². The number of hydrogen-bond acceptors (Lipinski definition) is 4. The molecule has 0 bridgehead atoms. The summed E-state index contributed by atoms with van der Waals surface area (Å²) >= 11 is 1.32. The van der Waals surface area contributed by atoms with Gasteiger partial charge in [0.15, 0.2) is 17.5 Å². The molecular formula is C11H16O4S. The number of aliphatic carboxylic acids is 1. The zero-order valence-corrected chi connectivity index (χ0v) is 10.7. The minimum absolute atomic E-state index is 0.391. The summed E-state index contributed by atoms with van der Waals surface area (Å²) < 4.78 is -0.777. The Morgan fingerprint density at radius 3 is 2.19 bits per heavy atom. The Labute approximate surface area is 98.8 Å². The summed E-state index contributed by atoms with van der Waals surface area (Å²) in [4.78, 5) is 34.9. The fourth-order valence-electron chi connectivity index (χ4n) is 2.23. The van der Waals surface area contributed by atoms with Crippen molar-refractivity contribution < 1.29 is 19.5 Å². The molecule has 0 aliphatic heterocycles. The molecule has 1 aliphatic rings. The number of carbonyl (C=O) groups excluding carboxylic acids is 2. The summed E-state index contributed by atoms with van der Waals surface area (Å²) in [5.74, 6) is -3.78. The maximum atomic E-state index is 12.0. The summed E-state index contributed by atoms with van der Waals surface area (Å²) in [5, 5.41) is 8.99. The van der Waals surface area contributed by atoms with E-state index in [1.54, 1.807) is 27.0 Å². The predicted octanol–water partition coefficient (Wildman–Crippen LogP) is 1.38. The Kier molecular flexibility index (Phi) is 3.20. The van der Waals surface area contributed by atoms with Crippen molar-refractivity contribution >= 4 is 29.3 Å². The average molecular weight is 244 g/mol. The van der Waals surface area contributed by atoms with Gasteiger partial charge in [0.05, 0.1) is 4.75 Å². The molecule has 90 valence electrons. The van der Waals surface area contributed by atoms with Crippen LogP contribution in [0.3, 0.4) is 0 Å². The normalized spacial score (nSPS) is 33.9. The van der Waals surface area contributed by atoms with Crippen molar-refractivity contribution in [1.82, 2.24) is 0 Å². The van der Waals surface area contributed by atoms with Gasteiger partial charge in [-0.2, -0.15) is 11.8 Å². The van der Waals surface area contributed by atoms with Crippen LogP contribution in [0.25, 0.3) is 0 Å². The van der Waals surface area contributed by atoms with Crippen LogP contribution in [0.15, 0.2) is 0 Å². The third kappa shape index (κ3) is 1.88. The fraction of sp³-hybridized carbons (Fsp3) is 0.727. The number of carbonyl (C=O) groups is 3. The van der Waals surface area contributed by atoms with Crippen LogP contribution in [0.1, 0.15) is 27.2 Å². The van der Waals surface area contributed by atoms with Crippen molar-refractivity contribution in [2.45, 2.75) is 31.9 Å². The smallest absolute Gasteiger partial charge is 0.321 e. The zero-order chi connectivity index (χ0) is 12.7. The molecule has 2 unspecified atom stereocenters. The third-order valence-corrected chi connectivity index (χ3v) is 4.44. The van der Waals surface area contributed by atoms with Gasteiger partial charge >= 0.3 is 5.97 Å². The number of ketones is 2. The van der Waals surface area contributed by atoms with Gasteiger partial charge in [-0.3, -0.25) is 14.4 Å². The van der Waals surface area contributed by atoms with Crippen LogP contribution >= 0.6 is 11.8 Å². The summed E-state index contributed by atoms with van der Waals surface area (Å²) in [7, 11) is 0. The van der Waals surface area contributed by atoms with E-state index in [0.29, 0.717) is 6.42 Å². The minimum atomic E-state index is -1.50. The summed E-state index contributed by atoms with van der Waals surface area (Å²) in [5.41, 5.74) is -0.755. The Hall–Kier alpha value is -0.840. The number of hydrogen-bond donors (Lipinski definition) is 1. The molecule has 0 amide bonds. The van der Waals surface area contributed by atoms with Crippen molar-refractivity contribution in [1.29, 1.82) is 0 Å². The molecule has 5 heteroatoms. The van der Waals surface area contributed by atoms with Gasteiger partial charge in [0.2, 0.25) is 0 Å². The van der Waals surface area contributed by atoms with Crippen LogP contribution in [0, 0.1) is 11.3 Å². The highest BCUT2D eigenvalue weighted by Gasteiger charge is 2.55. The topological polar surface area (TPSA) is 71.4 Å². The molecule has 0 spiro atoms. The van der Waals surface area contributed by atoms with E-state index in [-0.39, 0.29) is 0 Å². The van der Waals surface area contributed by atoms with Crippen LogP contribution in [0.2, 0.25) is 0 Å². The quantitative estimate of drug-likeness (QED) is 0.743. The molecule has 0 aromatic carbocycles. The Balaban J connectivity index is 3.24. The summed E-state index contributed by atoms with van der Waals surface area (Å²) in [6, 6.07) is 0. The lowest BCUT2D eigenvalue weighted by Gasteiger charge is -2.41.